The molecule has 4 aromatic heterocycles. The van der Waals surface area contributed by atoms with Gasteiger partial charge in [0.25, 0.3) is 0 Å². The fraction of sp³-hybridized carbons (Fsp3) is 0.385. The Hall–Kier alpha value is -4.19. The van der Waals surface area contributed by atoms with Gasteiger partial charge in [-0.3, -0.25) is 19.3 Å². The van der Waals surface area contributed by atoms with E-state index < -0.39 is 12.4 Å². The maximum Gasteiger partial charge on any atom is 0.248 e. The second-order valence-electron chi connectivity index (χ2n) is 10.0. The lowest BCUT2D eigenvalue weighted by Gasteiger charge is -2.39. The molecule has 2 aliphatic rings. The van der Waals surface area contributed by atoms with Crippen LogP contribution in [0.25, 0.3) is 28.2 Å². The lowest BCUT2D eigenvalue weighted by molar-refractivity contribution is -0.138. The smallest absolute Gasteiger partial charge is 0.248 e. The Labute approximate surface area is 217 Å². The number of halogens is 1. The van der Waals surface area contributed by atoms with Gasteiger partial charge in [-0.1, -0.05) is 0 Å². The second kappa shape index (κ2) is 8.98. The number of anilines is 1. The molecule has 1 amide bonds. The monoisotopic (exact) mass is 518 g/mol. The van der Waals surface area contributed by atoms with Crippen molar-refractivity contribution in [1.82, 2.24) is 34.3 Å². The summed E-state index contributed by atoms with van der Waals surface area (Å²) in [5.41, 5.74) is 9.31. The van der Waals surface area contributed by atoms with Crippen molar-refractivity contribution in [2.75, 3.05) is 12.3 Å². The third-order valence-electron chi connectivity index (χ3n) is 7.71. The minimum absolute atomic E-state index is 0.0284. The maximum atomic E-state index is 15.1. The van der Waals surface area contributed by atoms with Gasteiger partial charge in [0, 0.05) is 48.6 Å². The first-order valence-electron chi connectivity index (χ1n) is 12.5. The number of piperidine rings is 1. The quantitative estimate of drug-likeness (QED) is 0.383. The van der Waals surface area contributed by atoms with Crippen molar-refractivity contribution in [3.05, 3.63) is 47.8 Å². The average Bonchev–Trinajstić information content (AvgIpc) is 3.58. The van der Waals surface area contributed by atoms with Crippen LogP contribution in [-0.2, 0) is 11.8 Å². The summed E-state index contributed by atoms with van der Waals surface area (Å²) in [4.78, 5) is 36.0. The third kappa shape index (κ3) is 3.74. The van der Waals surface area contributed by atoms with Crippen LogP contribution in [-0.4, -0.2) is 69.7 Å². The molecule has 38 heavy (non-hydrogen) atoms. The summed E-state index contributed by atoms with van der Waals surface area (Å²) >= 11 is 0. The van der Waals surface area contributed by atoms with Crippen LogP contribution in [0.4, 0.5) is 10.2 Å². The lowest BCUT2D eigenvalue weighted by Crippen LogP contribution is -2.47. The molecule has 196 valence electrons. The van der Waals surface area contributed by atoms with Crippen LogP contribution in [0.3, 0.4) is 0 Å². The highest BCUT2D eigenvalue weighted by molar-refractivity contribution is 6.00. The Morgan fingerprint density at radius 1 is 1.21 bits per heavy atom. The van der Waals surface area contributed by atoms with E-state index in [4.69, 9.17) is 10.7 Å². The highest BCUT2D eigenvalue weighted by Crippen LogP contribution is 2.44. The molecule has 12 heteroatoms. The number of pyridine rings is 1. The van der Waals surface area contributed by atoms with E-state index in [-0.39, 0.29) is 41.2 Å². The van der Waals surface area contributed by atoms with Gasteiger partial charge in [-0.2, -0.15) is 14.7 Å². The summed E-state index contributed by atoms with van der Waals surface area (Å²) < 4.78 is 18.1. The molecule has 11 nitrogen and oxygen atoms in total. The Morgan fingerprint density at radius 2 is 1.95 bits per heavy atom. The zero-order valence-electron chi connectivity index (χ0n) is 21.0. The molecule has 2 fully saturated rings. The molecule has 0 aromatic carbocycles. The number of nitrogens with two attached hydrogens (primary N) is 1. The highest BCUT2D eigenvalue weighted by atomic mass is 19.1. The van der Waals surface area contributed by atoms with Gasteiger partial charge in [0.15, 0.2) is 17.2 Å². The minimum Gasteiger partial charge on any atom is -0.387 e. The number of Topliss-reactive ketones (excluding diaryl/α,β-unsaturated/α-hetero) is 1. The number of aliphatic hydroxyl groups is 1. The number of ketones is 1. The van der Waals surface area contributed by atoms with Gasteiger partial charge >= 0.3 is 0 Å². The standard InChI is InChI=1S/C26H27FN8O3/c1-13(37)22-23(14-7-16-3-4-17(8-14)34(16)21(38)12-36)31-26-18(11-30-35(26)25(22)28)15-9-19(27)24(29-10-15)20-5-6-33(2)32-20/h5-6,9-11,14,16-17,36H,3-4,7-8,12,28H2,1-2H3. The molecule has 2 saturated heterocycles. The summed E-state index contributed by atoms with van der Waals surface area (Å²) in [5.74, 6) is -0.967. The normalized spacial score (nSPS) is 20.8. The predicted molar refractivity (Wildman–Crippen MR) is 136 cm³/mol. The van der Waals surface area contributed by atoms with E-state index in [1.807, 2.05) is 0 Å². The van der Waals surface area contributed by atoms with E-state index in [1.54, 1.807) is 35.1 Å². The number of aromatic nitrogens is 6. The number of carbonyl (C=O) groups excluding carboxylic acids is 2. The molecule has 6 heterocycles. The van der Waals surface area contributed by atoms with E-state index >= 15 is 4.39 Å². The fourth-order valence-electron chi connectivity index (χ4n) is 6.10. The zero-order chi connectivity index (χ0) is 26.7. The molecular weight excluding hydrogens is 491 g/mol. The molecule has 2 unspecified atom stereocenters. The molecule has 3 N–H and O–H groups in total. The molecule has 4 aromatic rings. The Morgan fingerprint density at radius 3 is 2.55 bits per heavy atom. The highest BCUT2D eigenvalue weighted by Gasteiger charge is 2.44. The number of carbonyl (C=O) groups is 2. The topological polar surface area (TPSA) is 145 Å². The van der Waals surface area contributed by atoms with Crippen molar-refractivity contribution in [1.29, 1.82) is 0 Å². The summed E-state index contributed by atoms with van der Waals surface area (Å²) in [6.07, 6.45) is 7.70. The predicted octanol–water partition coefficient (Wildman–Crippen LogP) is 2.34. The first kappa shape index (κ1) is 24.2. The van der Waals surface area contributed by atoms with Crippen LogP contribution in [0.5, 0.6) is 0 Å². The molecule has 0 saturated carbocycles. The Bertz CT molecular complexity index is 1580. The minimum atomic E-state index is -0.536. The van der Waals surface area contributed by atoms with Gasteiger partial charge in [-0.15, -0.1) is 0 Å². The van der Waals surface area contributed by atoms with Gasteiger partial charge < -0.3 is 15.7 Å². The molecule has 2 bridgehead atoms. The molecule has 0 aliphatic carbocycles. The van der Waals surface area contributed by atoms with Crippen molar-refractivity contribution < 1.29 is 19.1 Å². The van der Waals surface area contributed by atoms with Crippen molar-refractivity contribution in [3.8, 4) is 22.5 Å². The number of amides is 1. The van der Waals surface area contributed by atoms with Gasteiger partial charge in [0.1, 0.15) is 23.8 Å². The van der Waals surface area contributed by atoms with Gasteiger partial charge in [-0.25, -0.2) is 9.37 Å². The summed E-state index contributed by atoms with van der Waals surface area (Å²) in [6.45, 7) is 0.929. The molecule has 6 rings (SSSR count). The van der Waals surface area contributed by atoms with Gasteiger partial charge in [-0.05, 0) is 44.7 Å². The Kier molecular flexibility index (Phi) is 5.71. The second-order valence-corrected chi connectivity index (χ2v) is 10.0. The van der Waals surface area contributed by atoms with E-state index in [2.05, 4.69) is 15.2 Å². The Balaban J connectivity index is 1.43. The first-order chi connectivity index (χ1) is 18.3. The van der Waals surface area contributed by atoms with Crippen LogP contribution in [0.1, 0.15) is 54.6 Å². The zero-order valence-corrected chi connectivity index (χ0v) is 21.0. The van der Waals surface area contributed by atoms with Crippen LogP contribution in [0.2, 0.25) is 0 Å². The number of hydrogen-bond acceptors (Lipinski definition) is 8. The fourth-order valence-corrected chi connectivity index (χ4v) is 6.10. The summed E-state index contributed by atoms with van der Waals surface area (Å²) in [6, 6.07) is 2.99. The number of hydrogen-bond donors (Lipinski definition) is 2. The summed E-state index contributed by atoms with van der Waals surface area (Å²) in [5, 5.41) is 18.0. The van der Waals surface area contributed by atoms with Crippen molar-refractivity contribution in [3.63, 3.8) is 0 Å². The number of nitrogens with zero attached hydrogens (tertiary/aromatic N) is 7. The largest absolute Gasteiger partial charge is 0.387 e. The summed E-state index contributed by atoms with van der Waals surface area (Å²) in [7, 11) is 1.75. The molecule has 0 spiro atoms. The van der Waals surface area contributed by atoms with Crippen LogP contribution in [0.15, 0.2) is 30.7 Å². The molecule has 2 atom stereocenters. The SMILES string of the molecule is CC(=O)c1c(C2CC3CCC(C2)N3C(=O)CO)nc2c(-c3cnc(-c4ccn(C)n4)c(F)c3)cnn2c1N. The maximum absolute atomic E-state index is 15.1. The first-order valence-corrected chi connectivity index (χ1v) is 12.5. The van der Waals surface area contributed by atoms with Crippen LogP contribution >= 0.6 is 0 Å². The number of aliphatic hydroxyl groups excluding tert-OH is 1. The van der Waals surface area contributed by atoms with Gasteiger partial charge in [0.05, 0.1) is 17.5 Å². The molecular formula is C26H27FN8O3. The lowest BCUT2D eigenvalue weighted by atomic mass is 9.85. The van der Waals surface area contributed by atoms with Crippen molar-refractivity contribution >= 4 is 23.2 Å². The van der Waals surface area contributed by atoms with E-state index in [0.717, 1.165) is 12.8 Å². The van der Waals surface area contributed by atoms with E-state index in [9.17, 15) is 14.7 Å². The van der Waals surface area contributed by atoms with Crippen LogP contribution in [0, 0.1) is 5.82 Å². The third-order valence-corrected chi connectivity index (χ3v) is 7.71. The number of rotatable bonds is 5. The number of fused-ring (bicyclic) bond motifs is 3. The average molecular weight is 519 g/mol. The van der Waals surface area contributed by atoms with Crippen LogP contribution < -0.4 is 5.73 Å². The van der Waals surface area contributed by atoms with E-state index in [1.165, 1.54) is 23.7 Å². The molecule has 2 aliphatic heterocycles. The molecule has 0 radical (unpaired) electrons. The number of nitrogen functional groups attached to an aromatic ring is 1. The van der Waals surface area contributed by atoms with Crippen molar-refractivity contribution in [2.45, 2.75) is 50.6 Å². The van der Waals surface area contributed by atoms with Gasteiger partial charge in [0.2, 0.25) is 5.91 Å². The number of aryl methyl sites for hydroxylation is 1. The van der Waals surface area contributed by atoms with Crippen molar-refractivity contribution in [2.24, 2.45) is 7.05 Å². The van der Waals surface area contributed by atoms with E-state index in [0.29, 0.717) is 46.6 Å².